The van der Waals surface area contributed by atoms with Crippen LogP contribution in [0.15, 0.2) is 36.4 Å². The van der Waals surface area contributed by atoms with Crippen LogP contribution in [0.4, 0.5) is 4.39 Å². The number of nitrogens with one attached hydrogen (secondary N) is 1. The smallest absolute Gasteiger partial charge is 0.254 e. The Balaban J connectivity index is 2.02. The van der Waals surface area contributed by atoms with Crippen molar-refractivity contribution in [2.75, 3.05) is 47.4 Å². The number of amides is 2. The molecule has 3 rings (SSSR count). The van der Waals surface area contributed by atoms with E-state index in [1.807, 2.05) is 0 Å². The fourth-order valence-electron chi connectivity index (χ4n) is 4.60. The van der Waals surface area contributed by atoms with Crippen LogP contribution in [0.2, 0.25) is 0 Å². The van der Waals surface area contributed by atoms with E-state index in [4.69, 9.17) is 9.47 Å². The Labute approximate surface area is 200 Å². The highest BCUT2D eigenvalue weighted by molar-refractivity contribution is 6.02. The van der Waals surface area contributed by atoms with Gasteiger partial charge in [0.1, 0.15) is 5.82 Å². The van der Waals surface area contributed by atoms with E-state index in [1.54, 1.807) is 37.4 Å². The number of carbonyl (C=O) groups is 2. The van der Waals surface area contributed by atoms with Gasteiger partial charge in [0, 0.05) is 24.7 Å². The van der Waals surface area contributed by atoms with Gasteiger partial charge in [-0.1, -0.05) is 32.0 Å². The van der Waals surface area contributed by atoms with E-state index in [1.165, 1.54) is 25.2 Å². The lowest BCUT2D eigenvalue weighted by atomic mass is 9.79. The highest BCUT2D eigenvalue weighted by Gasteiger charge is 2.44. The summed E-state index contributed by atoms with van der Waals surface area (Å²) >= 11 is 0. The predicted octanol–water partition coefficient (Wildman–Crippen LogP) is 3.60. The molecule has 2 unspecified atom stereocenters. The molecule has 0 fully saturated rings. The van der Waals surface area contributed by atoms with Gasteiger partial charge in [-0.15, -0.1) is 0 Å². The van der Waals surface area contributed by atoms with Crippen LogP contribution in [0.25, 0.3) is 0 Å². The van der Waals surface area contributed by atoms with Crippen LogP contribution in [0.3, 0.4) is 0 Å². The quantitative estimate of drug-likeness (QED) is 0.536. The van der Waals surface area contributed by atoms with Crippen LogP contribution in [0, 0.1) is 5.82 Å². The number of nitrogens with zero attached hydrogens (tertiary/aromatic N) is 2. The van der Waals surface area contributed by atoms with Gasteiger partial charge in [-0.2, -0.15) is 0 Å². The first-order chi connectivity index (χ1) is 16.4. The van der Waals surface area contributed by atoms with Crippen LogP contribution in [-0.4, -0.2) is 69.1 Å². The van der Waals surface area contributed by atoms with E-state index in [0.29, 0.717) is 34.7 Å². The molecule has 184 valence electrons. The van der Waals surface area contributed by atoms with Crippen LogP contribution in [0.5, 0.6) is 11.5 Å². The maximum absolute atomic E-state index is 14.9. The third-order valence-corrected chi connectivity index (χ3v) is 6.53. The third kappa shape index (κ3) is 5.01. The van der Waals surface area contributed by atoms with Gasteiger partial charge in [-0.25, -0.2) is 4.39 Å². The minimum absolute atomic E-state index is 0.263. The van der Waals surface area contributed by atoms with E-state index < -0.39 is 17.8 Å². The van der Waals surface area contributed by atoms with Gasteiger partial charge in [0.05, 0.1) is 26.2 Å². The Morgan fingerprint density at radius 1 is 1.09 bits per heavy atom. The zero-order valence-corrected chi connectivity index (χ0v) is 20.6. The Kier molecular flexibility index (Phi) is 8.50. The molecule has 2 amide bonds. The second-order valence-corrected chi connectivity index (χ2v) is 8.33. The average molecular weight is 472 g/mol. The minimum Gasteiger partial charge on any atom is -0.493 e. The molecule has 34 heavy (non-hydrogen) atoms. The predicted molar refractivity (Wildman–Crippen MR) is 129 cm³/mol. The van der Waals surface area contributed by atoms with Crippen LogP contribution < -0.4 is 14.8 Å². The van der Waals surface area contributed by atoms with Crippen molar-refractivity contribution in [3.05, 3.63) is 58.9 Å². The van der Waals surface area contributed by atoms with Gasteiger partial charge in [0.15, 0.2) is 11.5 Å². The number of carbonyl (C=O) groups excluding carboxylic acids is 2. The van der Waals surface area contributed by atoms with Crippen molar-refractivity contribution in [2.45, 2.75) is 32.2 Å². The zero-order valence-electron chi connectivity index (χ0n) is 20.6. The molecule has 0 spiro atoms. The Morgan fingerprint density at radius 2 is 1.74 bits per heavy atom. The van der Waals surface area contributed by atoms with E-state index >= 15 is 0 Å². The summed E-state index contributed by atoms with van der Waals surface area (Å²) in [6.45, 7) is 7.46. The van der Waals surface area contributed by atoms with Gasteiger partial charge in [-0.3, -0.25) is 9.59 Å². The lowest BCUT2D eigenvalue weighted by Gasteiger charge is -2.40. The Bertz CT molecular complexity index is 1030. The first-order valence-corrected chi connectivity index (χ1v) is 11.6. The molecule has 1 heterocycles. The van der Waals surface area contributed by atoms with Crippen molar-refractivity contribution in [3.8, 4) is 11.5 Å². The molecule has 2 aromatic carbocycles. The number of fused-ring (bicyclic) bond motifs is 1. The lowest BCUT2D eigenvalue weighted by molar-refractivity contribution is -0.124. The molecule has 0 bridgehead atoms. The standard InChI is InChI=1S/C26H34FN3O4/c1-6-30(7-2)14-10-13-28-25(31)23-18-15-21(33-4)22(34-5)16-19(18)26(32)29(3)24(23)17-11-8-9-12-20(17)27/h8-9,11-12,15-16,23-24H,6-7,10,13-14H2,1-5H3,(H,28,31). The zero-order chi connectivity index (χ0) is 24.8. The van der Waals surface area contributed by atoms with Gasteiger partial charge < -0.3 is 24.6 Å². The lowest BCUT2D eigenvalue weighted by Crippen LogP contribution is -2.46. The fraction of sp³-hybridized carbons (Fsp3) is 0.462. The molecule has 0 aliphatic carbocycles. The summed E-state index contributed by atoms with van der Waals surface area (Å²) in [4.78, 5) is 30.6. The minimum atomic E-state index is -0.817. The van der Waals surface area contributed by atoms with Crippen molar-refractivity contribution in [1.29, 1.82) is 0 Å². The Hall–Kier alpha value is -3.13. The molecule has 1 aliphatic rings. The van der Waals surface area contributed by atoms with Crippen molar-refractivity contribution in [1.82, 2.24) is 15.1 Å². The second-order valence-electron chi connectivity index (χ2n) is 8.33. The number of ether oxygens (including phenoxy) is 2. The normalized spacial score (nSPS) is 17.5. The van der Waals surface area contributed by atoms with Crippen LogP contribution in [-0.2, 0) is 4.79 Å². The first kappa shape index (κ1) is 25.5. The maximum Gasteiger partial charge on any atom is 0.254 e. The van der Waals surface area contributed by atoms with E-state index in [0.717, 1.165) is 26.1 Å². The molecule has 1 aliphatic heterocycles. The number of methoxy groups -OCH3 is 2. The van der Waals surface area contributed by atoms with Crippen LogP contribution >= 0.6 is 0 Å². The van der Waals surface area contributed by atoms with Gasteiger partial charge in [0.2, 0.25) is 5.91 Å². The summed E-state index contributed by atoms with van der Waals surface area (Å²) in [5.41, 5.74) is 1.13. The molecule has 1 N–H and O–H groups in total. The van der Waals surface area contributed by atoms with Gasteiger partial charge >= 0.3 is 0 Å². The summed E-state index contributed by atoms with van der Waals surface area (Å²) in [5.74, 6) is -1.05. The monoisotopic (exact) mass is 471 g/mol. The first-order valence-electron chi connectivity index (χ1n) is 11.6. The van der Waals surface area contributed by atoms with Crippen molar-refractivity contribution < 1.29 is 23.5 Å². The van der Waals surface area contributed by atoms with E-state index in [-0.39, 0.29) is 11.8 Å². The second kappa shape index (κ2) is 11.3. The van der Waals surface area contributed by atoms with Crippen molar-refractivity contribution in [3.63, 3.8) is 0 Å². The largest absolute Gasteiger partial charge is 0.493 e. The number of hydrogen-bond donors (Lipinski definition) is 1. The van der Waals surface area contributed by atoms with Gasteiger partial charge in [-0.05, 0) is 49.8 Å². The summed E-state index contributed by atoms with van der Waals surface area (Å²) in [7, 11) is 4.58. The van der Waals surface area contributed by atoms with E-state index in [9.17, 15) is 14.0 Å². The van der Waals surface area contributed by atoms with Crippen molar-refractivity contribution >= 4 is 11.8 Å². The molecule has 0 aromatic heterocycles. The highest BCUT2D eigenvalue weighted by atomic mass is 19.1. The van der Waals surface area contributed by atoms with Crippen LogP contribution in [0.1, 0.15) is 53.7 Å². The topological polar surface area (TPSA) is 71.1 Å². The number of rotatable bonds is 10. The molecule has 2 aromatic rings. The average Bonchev–Trinajstić information content (AvgIpc) is 2.85. The fourth-order valence-corrected chi connectivity index (χ4v) is 4.60. The molecular weight excluding hydrogens is 437 g/mol. The van der Waals surface area contributed by atoms with E-state index in [2.05, 4.69) is 24.1 Å². The highest BCUT2D eigenvalue weighted by Crippen LogP contribution is 2.46. The number of halogens is 1. The summed E-state index contributed by atoms with van der Waals surface area (Å²) in [6.07, 6.45) is 0.790. The molecule has 2 atom stereocenters. The number of likely N-dealkylation sites (N-methyl/N-ethyl adjacent to an activating group) is 1. The van der Waals surface area contributed by atoms with Gasteiger partial charge in [0.25, 0.3) is 5.91 Å². The molecule has 0 saturated carbocycles. The molecule has 7 nitrogen and oxygen atoms in total. The maximum atomic E-state index is 14.9. The SMILES string of the molecule is CCN(CC)CCCNC(=O)C1c2cc(OC)c(OC)cc2C(=O)N(C)C1c1ccccc1F. The summed E-state index contributed by atoms with van der Waals surface area (Å²) in [6, 6.07) is 8.71. The number of benzene rings is 2. The molecular formula is C26H34FN3O4. The summed E-state index contributed by atoms with van der Waals surface area (Å²) < 4.78 is 25.7. The Morgan fingerprint density at radius 3 is 2.35 bits per heavy atom. The molecule has 0 saturated heterocycles. The summed E-state index contributed by atoms with van der Waals surface area (Å²) in [5, 5.41) is 3.02. The molecule has 8 heteroatoms. The third-order valence-electron chi connectivity index (χ3n) is 6.53. The van der Waals surface area contributed by atoms with Crippen molar-refractivity contribution in [2.24, 2.45) is 0 Å². The molecule has 0 radical (unpaired) electrons. The number of hydrogen-bond acceptors (Lipinski definition) is 5.